The van der Waals surface area contributed by atoms with Gasteiger partial charge in [-0.25, -0.2) is 0 Å². The van der Waals surface area contributed by atoms with Crippen molar-refractivity contribution in [2.75, 3.05) is 0 Å². The molecule has 76 valence electrons. The zero-order chi connectivity index (χ0) is 10.2. The van der Waals surface area contributed by atoms with Crippen molar-refractivity contribution in [3.63, 3.8) is 0 Å². The predicted molar refractivity (Wildman–Crippen MR) is 17.2 cm³/mol. The van der Waals surface area contributed by atoms with Crippen molar-refractivity contribution in [2.24, 2.45) is 0 Å². The van der Waals surface area contributed by atoms with Crippen LogP contribution in [0, 0.1) is 10.2 Å². The normalized spacial score (nSPS) is 13.7. The second-order valence-electron chi connectivity index (χ2n) is 1.34. The Bertz CT molecular complexity index is 257. The van der Waals surface area contributed by atoms with Crippen LogP contribution in [-0.4, -0.2) is 13.9 Å². The fourth-order valence-corrected chi connectivity index (χ4v) is 1.24. The molecule has 0 aromatic carbocycles. The number of halogens is 4. The number of alkyl halides is 3. The van der Waals surface area contributed by atoms with E-state index >= 15 is 0 Å². The Kier molecular flexibility index (Phi) is 5.30. The largest absolute Gasteiger partial charge is 1.00 e. The van der Waals surface area contributed by atoms with Gasteiger partial charge in [-0.05, 0) is 0 Å². The molecule has 0 aromatic heterocycles. The van der Waals surface area contributed by atoms with Crippen molar-refractivity contribution in [1.82, 2.24) is 0 Å². The van der Waals surface area contributed by atoms with Crippen molar-refractivity contribution >= 4 is 10.1 Å². The molecular formula is CHClF3LiO6S. The minimum Gasteiger partial charge on any atom is -1.00 e. The molecule has 0 aliphatic heterocycles. The summed E-state index contributed by atoms with van der Waals surface area (Å²) in [4.78, 5) is 0. The standard InChI is InChI=1S/CClF3O6S.Li.H/c3-1(4,5)12(9,10)11-2(6,7)8;;/q;+1;-1. The molecule has 12 heteroatoms. The summed E-state index contributed by atoms with van der Waals surface area (Å²) in [6.07, 6.45) is 0. The third-order valence-electron chi connectivity index (χ3n) is 0.444. The maximum Gasteiger partial charge on any atom is 1.00 e. The van der Waals surface area contributed by atoms with Crippen LogP contribution in [0.2, 0.25) is 0 Å². The van der Waals surface area contributed by atoms with Gasteiger partial charge < -0.3 is 1.43 Å². The van der Waals surface area contributed by atoms with Gasteiger partial charge in [0.1, 0.15) is 10.2 Å². The van der Waals surface area contributed by atoms with Gasteiger partial charge in [0.05, 0.1) is 0 Å². The maximum atomic E-state index is 11.2. The summed E-state index contributed by atoms with van der Waals surface area (Å²) >= 11 is 0. The third-order valence-corrected chi connectivity index (χ3v) is 2.29. The molecule has 0 saturated heterocycles. The molecule has 0 radical (unpaired) electrons. The van der Waals surface area contributed by atoms with E-state index in [9.17, 15) is 35.6 Å². The quantitative estimate of drug-likeness (QED) is 0.351. The second-order valence-corrected chi connectivity index (χ2v) is 3.97. The summed E-state index contributed by atoms with van der Waals surface area (Å²) in [6, 6.07) is 0. The maximum absolute atomic E-state index is 11.2. The van der Waals surface area contributed by atoms with Crippen molar-refractivity contribution < 1.29 is 69.8 Å². The predicted octanol–water partition coefficient (Wildman–Crippen LogP) is -6.13. The first kappa shape index (κ1) is 15.9. The van der Waals surface area contributed by atoms with Gasteiger partial charge in [0, 0.05) is 0 Å². The van der Waals surface area contributed by atoms with Crippen molar-refractivity contribution in [3.05, 3.63) is 0 Å². The molecule has 0 spiro atoms. The first-order valence-electron chi connectivity index (χ1n) is 1.89. The molecule has 0 fully saturated rings. The average Bonchev–Trinajstić information content (AvgIpc) is 1.52. The van der Waals surface area contributed by atoms with Crippen LogP contribution in [0.4, 0.5) is 13.2 Å². The fourth-order valence-electron chi connectivity index (χ4n) is 0.137. The van der Waals surface area contributed by atoms with Gasteiger partial charge in [-0.2, -0.15) is 35.6 Å². The molecule has 0 aliphatic carbocycles. The summed E-state index contributed by atoms with van der Waals surface area (Å²) in [5.41, 5.74) is -5.93. The Morgan fingerprint density at radius 1 is 1.23 bits per heavy atom. The zero-order valence-corrected chi connectivity index (χ0v) is 7.44. The molecule has 0 aromatic rings. The van der Waals surface area contributed by atoms with Crippen LogP contribution in [-0.2, 0) is 13.9 Å². The van der Waals surface area contributed by atoms with E-state index in [1.807, 2.05) is 0 Å². The smallest absolute Gasteiger partial charge is 1.00 e. The van der Waals surface area contributed by atoms with Gasteiger partial charge in [-0.3, -0.25) is 0 Å². The molecule has 0 atom stereocenters. The van der Waals surface area contributed by atoms with E-state index in [2.05, 4.69) is 3.74 Å². The molecule has 0 aliphatic rings. The Morgan fingerprint density at radius 3 is 1.62 bits per heavy atom. The van der Waals surface area contributed by atoms with E-state index in [0.29, 0.717) is 0 Å². The van der Waals surface area contributed by atoms with Crippen molar-refractivity contribution in [1.29, 1.82) is 0 Å². The van der Waals surface area contributed by atoms with E-state index in [4.69, 9.17) is 0 Å². The SMILES string of the molecule is O=S(=O)(O[Cl+3]([O-])([O-])[O-])C(F)(F)F.[H-].[Li+]. The molecule has 0 saturated carbocycles. The van der Waals surface area contributed by atoms with Crippen molar-refractivity contribution in [3.8, 4) is 0 Å². The van der Waals surface area contributed by atoms with Gasteiger partial charge in [-0.1, -0.05) is 0 Å². The van der Waals surface area contributed by atoms with Gasteiger partial charge in [0.25, 0.3) is 0 Å². The van der Waals surface area contributed by atoms with Crippen LogP contribution in [0.15, 0.2) is 0 Å². The van der Waals surface area contributed by atoms with Gasteiger partial charge in [0.15, 0.2) is 0 Å². The van der Waals surface area contributed by atoms with Crippen LogP contribution < -0.4 is 32.8 Å². The molecule has 6 nitrogen and oxygen atoms in total. The molecule has 0 rings (SSSR count). The second kappa shape index (κ2) is 4.33. The summed E-state index contributed by atoms with van der Waals surface area (Å²) in [7, 11) is -12.0. The Morgan fingerprint density at radius 2 is 1.54 bits per heavy atom. The van der Waals surface area contributed by atoms with Gasteiger partial charge in [-0.15, -0.1) is 0 Å². The molecule has 0 bridgehead atoms. The van der Waals surface area contributed by atoms with Crippen LogP contribution >= 0.6 is 0 Å². The number of rotatable bonds is 2. The van der Waals surface area contributed by atoms with E-state index < -0.39 is 25.9 Å². The summed E-state index contributed by atoms with van der Waals surface area (Å²) in [5.74, 6) is 0. The minimum absolute atomic E-state index is 0. The van der Waals surface area contributed by atoms with Gasteiger partial charge in [0.2, 0.25) is 3.74 Å². The molecule has 0 heterocycles. The Hall–Kier alpha value is 0.467. The van der Waals surface area contributed by atoms with E-state index in [1.54, 1.807) is 0 Å². The third kappa shape index (κ3) is 5.71. The molecular weight excluding hydrogens is 239 g/mol. The first-order chi connectivity index (χ1) is 4.96. The molecule has 0 amide bonds. The number of hydrogen-bond donors (Lipinski definition) is 0. The van der Waals surface area contributed by atoms with Crippen LogP contribution in [0.25, 0.3) is 0 Å². The van der Waals surface area contributed by atoms with E-state index in [-0.39, 0.29) is 20.3 Å². The zero-order valence-electron chi connectivity index (χ0n) is 6.87. The first-order valence-corrected chi connectivity index (χ1v) is 4.53. The van der Waals surface area contributed by atoms with Crippen LogP contribution in [0.1, 0.15) is 1.43 Å². The van der Waals surface area contributed by atoms with Crippen LogP contribution in [0.5, 0.6) is 0 Å². The summed E-state index contributed by atoms with van der Waals surface area (Å²) in [5, 5.41) is 0. The summed E-state index contributed by atoms with van der Waals surface area (Å²) in [6.45, 7) is 0. The topological polar surface area (TPSA) is 113 Å². The van der Waals surface area contributed by atoms with E-state index in [1.165, 1.54) is 0 Å². The van der Waals surface area contributed by atoms with Crippen LogP contribution in [0.3, 0.4) is 0 Å². The molecule has 13 heavy (non-hydrogen) atoms. The monoisotopic (exact) mass is 240 g/mol. The van der Waals surface area contributed by atoms with Crippen molar-refractivity contribution in [2.45, 2.75) is 5.51 Å². The molecule has 0 unspecified atom stereocenters. The minimum atomic E-state index is -6.37. The Balaban J connectivity index is -0.000000605. The van der Waals surface area contributed by atoms with Gasteiger partial charge >= 0.3 is 34.5 Å². The fraction of sp³-hybridized carbons (Fsp3) is 1.00. The summed E-state index contributed by atoms with van der Waals surface area (Å²) < 4.78 is 83.6. The number of hydrogen-bond acceptors (Lipinski definition) is 6. The molecule has 0 N–H and O–H groups in total. The van der Waals surface area contributed by atoms with E-state index in [0.717, 1.165) is 0 Å². The Labute approximate surface area is 85.8 Å². The average molecular weight is 240 g/mol.